The number of nitrogens with zero attached hydrogens (tertiary/aromatic N) is 1. The summed E-state index contributed by atoms with van der Waals surface area (Å²) in [5, 5.41) is 1.73. The number of carbonyl (C=O) groups excluding carboxylic acids is 3. The molecule has 1 heterocycles. The third-order valence-electron chi connectivity index (χ3n) is 5.63. The number of carbonyl (C=O) groups is 3. The number of hydrogen-bond donors (Lipinski definition) is 0. The maximum absolute atomic E-state index is 13.4. The summed E-state index contributed by atoms with van der Waals surface area (Å²) in [4.78, 5) is 40.5. The van der Waals surface area contributed by atoms with E-state index >= 15 is 0 Å². The van der Waals surface area contributed by atoms with Crippen LogP contribution in [-0.2, 0) is 9.53 Å². The summed E-state index contributed by atoms with van der Waals surface area (Å²) in [6, 6.07) is 15.3. The fraction of sp³-hybridized carbons (Fsp3) is 0.269. The minimum atomic E-state index is -0.857. The van der Waals surface area contributed by atoms with Crippen LogP contribution >= 0.6 is 0 Å². The first kappa shape index (κ1) is 22.3. The molecule has 33 heavy (non-hydrogen) atoms. The van der Waals surface area contributed by atoms with Crippen molar-refractivity contribution in [3.05, 3.63) is 71.3 Å². The number of methoxy groups -OCH3 is 1. The molecule has 7 heteroatoms. The fourth-order valence-corrected chi connectivity index (χ4v) is 4.13. The van der Waals surface area contributed by atoms with Gasteiger partial charge < -0.3 is 14.2 Å². The molecule has 0 saturated carbocycles. The van der Waals surface area contributed by atoms with E-state index in [1.807, 2.05) is 31.2 Å². The fourth-order valence-electron chi connectivity index (χ4n) is 4.13. The van der Waals surface area contributed by atoms with E-state index in [1.54, 1.807) is 37.3 Å². The first-order valence-electron chi connectivity index (χ1n) is 10.9. The zero-order valence-corrected chi connectivity index (χ0v) is 18.8. The van der Waals surface area contributed by atoms with Crippen LogP contribution in [0.25, 0.3) is 10.8 Å². The summed E-state index contributed by atoms with van der Waals surface area (Å²) >= 11 is 0. The Morgan fingerprint density at radius 3 is 2.06 bits per heavy atom. The predicted octanol–water partition coefficient (Wildman–Crippen LogP) is 4.54. The maximum atomic E-state index is 13.4. The molecule has 3 aromatic carbocycles. The molecule has 2 amide bonds. The van der Waals surface area contributed by atoms with Crippen LogP contribution in [0.15, 0.2) is 54.6 Å². The summed E-state index contributed by atoms with van der Waals surface area (Å²) in [7, 11) is 1.51. The van der Waals surface area contributed by atoms with E-state index in [4.69, 9.17) is 14.2 Å². The van der Waals surface area contributed by atoms with Crippen LogP contribution < -0.4 is 9.47 Å². The molecule has 1 unspecified atom stereocenters. The highest BCUT2D eigenvalue weighted by Gasteiger charge is 2.42. The standard InChI is InChI=1S/C26H25NO6/c1-4-32-22-11-10-18(14-23(22)31-3)21(15-24(28)33-5-2)27-25(29)19-12-16-8-6-7-9-17(16)13-20(19)26(27)30/h6-14,21H,4-5,15H2,1-3H3. The summed E-state index contributed by atoms with van der Waals surface area (Å²) in [6.07, 6.45) is -0.171. The van der Waals surface area contributed by atoms with Gasteiger partial charge in [0.1, 0.15) is 0 Å². The molecule has 0 aliphatic carbocycles. The van der Waals surface area contributed by atoms with Gasteiger partial charge in [-0.15, -0.1) is 0 Å². The summed E-state index contributed by atoms with van der Waals surface area (Å²) in [5.74, 6) is -0.402. The summed E-state index contributed by atoms with van der Waals surface area (Å²) in [5.41, 5.74) is 1.22. The van der Waals surface area contributed by atoms with E-state index in [0.29, 0.717) is 34.8 Å². The Balaban J connectivity index is 1.79. The lowest BCUT2D eigenvalue weighted by atomic mass is 10.0. The largest absolute Gasteiger partial charge is 0.493 e. The van der Waals surface area contributed by atoms with E-state index in [0.717, 1.165) is 15.7 Å². The molecule has 0 fully saturated rings. The third-order valence-corrected chi connectivity index (χ3v) is 5.63. The van der Waals surface area contributed by atoms with Gasteiger partial charge in [-0.2, -0.15) is 0 Å². The van der Waals surface area contributed by atoms with E-state index in [9.17, 15) is 14.4 Å². The van der Waals surface area contributed by atoms with Crippen LogP contribution in [0.4, 0.5) is 0 Å². The number of ether oxygens (including phenoxy) is 3. The molecule has 0 bridgehead atoms. The van der Waals surface area contributed by atoms with Crippen LogP contribution in [0, 0.1) is 0 Å². The number of amides is 2. The number of fused-ring (bicyclic) bond motifs is 2. The van der Waals surface area contributed by atoms with Crippen molar-refractivity contribution in [2.24, 2.45) is 0 Å². The van der Waals surface area contributed by atoms with E-state index < -0.39 is 23.8 Å². The monoisotopic (exact) mass is 447 g/mol. The number of hydrogen-bond acceptors (Lipinski definition) is 6. The van der Waals surface area contributed by atoms with Gasteiger partial charge in [0.2, 0.25) is 0 Å². The van der Waals surface area contributed by atoms with E-state index in [-0.39, 0.29) is 13.0 Å². The van der Waals surface area contributed by atoms with Gasteiger partial charge in [0.05, 0.1) is 43.9 Å². The number of benzene rings is 3. The number of rotatable bonds is 8. The zero-order chi connectivity index (χ0) is 23.5. The molecule has 0 aromatic heterocycles. The topological polar surface area (TPSA) is 82.1 Å². The van der Waals surface area contributed by atoms with Crippen LogP contribution in [0.5, 0.6) is 11.5 Å². The van der Waals surface area contributed by atoms with Crippen molar-refractivity contribution in [2.45, 2.75) is 26.3 Å². The van der Waals surface area contributed by atoms with Crippen molar-refractivity contribution < 1.29 is 28.6 Å². The Hall–Kier alpha value is -3.87. The Kier molecular flexibility index (Phi) is 6.31. The second-order valence-corrected chi connectivity index (χ2v) is 7.59. The van der Waals surface area contributed by atoms with Gasteiger partial charge in [-0.05, 0) is 54.4 Å². The summed E-state index contributed by atoms with van der Waals surface area (Å²) < 4.78 is 16.2. The quantitative estimate of drug-likeness (QED) is 0.373. The normalized spacial score (nSPS) is 13.7. The molecule has 0 radical (unpaired) electrons. The summed E-state index contributed by atoms with van der Waals surface area (Å²) in [6.45, 7) is 4.22. The van der Waals surface area contributed by atoms with Crippen molar-refractivity contribution in [2.75, 3.05) is 20.3 Å². The van der Waals surface area contributed by atoms with Crippen LogP contribution in [-0.4, -0.2) is 43.0 Å². The molecule has 3 aromatic rings. The first-order valence-corrected chi connectivity index (χ1v) is 10.9. The lowest BCUT2D eigenvalue weighted by Gasteiger charge is -2.26. The predicted molar refractivity (Wildman–Crippen MR) is 123 cm³/mol. The SMILES string of the molecule is CCOC(=O)CC(c1ccc(OCC)c(OC)c1)N1C(=O)c2cc3ccccc3cc2C1=O. The van der Waals surface area contributed by atoms with Gasteiger partial charge in [-0.25, -0.2) is 0 Å². The van der Waals surface area contributed by atoms with Crippen molar-refractivity contribution in [3.63, 3.8) is 0 Å². The zero-order valence-electron chi connectivity index (χ0n) is 18.8. The van der Waals surface area contributed by atoms with Gasteiger partial charge in [0.25, 0.3) is 11.8 Å². The Bertz CT molecular complexity index is 1180. The lowest BCUT2D eigenvalue weighted by Crippen LogP contribution is -2.35. The van der Waals surface area contributed by atoms with Crippen LogP contribution in [0.1, 0.15) is 52.6 Å². The lowest BCUT2D eigenvalue weighted by molar-refractivity contribution is -0.144. The van der Waals surface area contributed by atoms with E-state index in [1.165, 1.54) is 7.11 Å². The Labute approximate surface area is 191 Å². The maximum Gasteiger partial charge on any atom is 0.308 e. The molecule has 1 atom stereocenters. The smallest absolute Gasteiger partial charge is 0.308 e. The molecule has 0 saturated heterocycles. The van der Waals surface area contributed by atoms with Gasteiger partial charge in [0, 0.05) is 0 Å². The minimum Gasteiger partial charge on any atom is -0.493 e. The molecule has 7 nitrogen and oxygen atoms in total. The van der Waals surface area contributed by atoms with Gasteiger partial charge in [-0.3, -0.25) is 19.3 Å². The average Bonchev–Trinajstić information content (AvgIpc) is 3.06. The Morgan fingerprint density at radius 1 is 0.879 bits per heavy atom. The highest BCUT2D eigenvalue weighted by Crippen LogP contribution is 2.38. The molecule has 4 rings (SSSR count). The second-order valence-electron chi connectivity index (χ2n) is 7.59. The first-order chi connectivity index (χ1) is 16.0. The van der Waals surface area contributed by atoms with Crippen LogP contribution in [0.3, 0.4) is 0 Å². The average molecular weight is 447 g/mol. The molecular weight excluding hydrogens is 422 g/mol. The van der Waals surface area contributed by atoms with Crippen LogP contribution in [0.2, 0.25) is 0 Å². The van der Waals surface area contributed by atoms with Crippen molar-refractivity contribution in [1.82, 2.24) is 4.90 Å². The third kappa shape index (κ3) is 4.14. The molecule has 0 spiro atoms. The molecule has 1 aliphatic heterocycles. The van der Waals surface area contributed by atoms with Gasteiger partial charge in [0.15, 0.2) is 11.5 Å². The molecule has 1 aliphatic rings. The second kappa shape index (κ2) is 9.32. The Morgan fingerprint density at radius 2 is 1.52 bits per heavy atom. The minimum absolute atomic E-state index is 0.171. The molecule has 170 valence electrons. The highest BCUT2D eigenvalue weighted by atomic mass is 16.5. The van der Waals surface area contributed by atoms with Crippen molar-refractivity contribution in [1.29, 1.82) is 0 Å². The van der Waals surface area contributed by atoms with Crippen molar-refractivity contribution in [3.8, 4) is 11.5 Å². The van der Waals surface area contributed by atoms with E-state index in [2.05, 4.69) is 0 Å². The van der Waals surface area contributed by atoms with Gasteiger partial charge in [-0.1, -0.05) is 30.3 Å². The number of esters is 1. The van der Waals surface area contributed by atoms with Crippen molar-refractivity contribution >= 4 is 28.6 Å². The highest BCUT2D eigenvalue weighted by molar-refractivity contribution is 6.23. The molecule has 0 N–H and O–H groups in total. The molecular formula is C26H25NO6. The number of imide groups is 1. The van der Waals surface area contributed by atoms with Gasteiger partial charge >= 0.3 is 5.97 Å².